The average Bonchev–Trinajstić information content (AvgIpc) is 2.71. The summed E-state index contributed by atoms with van der Waals surface area (Å²) in [7, 11) is 0. The van der Waals surface area contributed by atoms with Crippen molar-refractivity contribution in [3.63, 3.8) is 0 Å². The Kier molecular flexibility index (Phi) is 2.56. The van der Waals surface area contributed by atoms with Gasteiger partial charge < -0.3 is 9.84 Å². The van der Waals surface area contributed by atoms with Gasteiger partial charge in [0.1, 0.15) is 11.8 Å². The molecule has 0 amide bonds. The van der Waals surface area contributed by atoms with Gasteiger partial charge in [-0.15, -0.1) is 5.10 Å². The van der Waals surface area contributed by atoms with Crippen molar-refractivity contribution in [3.05, 3.63) is 22.9 Å². The van der Waals surface area contributed by atoms with Gasteiger partial charge in [-0.25, -0.2) is 0 Å². The van der Waals surface area contributed by atoms with Crippen LogP contribution >= 0.6 is 11.5 Å². The highest BCUT2D eigenvalue weighted by Gasteiger charge is 2.18. The summed E-state index contributed by atoms with van der Waals surface area (Å²) in [5.41, 5.74) is 1.50. The lowest BCUT2D eigenvalue weighted by molar-refractivity contribution is 0.167. The summed E-state index contributed by atoms with van der Waals surface area (Å²) in [5.74, 6) is 0. The highest BCUT2D eigenvalue weighted by Crippen LogP contribution is 2.26. The highest BCUT2D eigenvalue weighted by molar-refractivity contribution is 7.03. The maximum Gasteiger partial charge on any atom is 0.123 e. The van der Waals surface area contributed by atoms with Crippen LogP contribution in [-0.4, -0.2) is 21.3 Å². The molecule has 1 aromatic heterocycles. The van der Waals surface area contributed by atoms with Crippen LogP contribution in [0, 0.1) is 0 Å². The topological polar surface area (TPSA) is 55.2 Å². The van der Waals surface area contributed by atoms with E-state index in [0.717, 1.165) is 25.0 Å². The quantitative estimate of drug-likeness (QED) is 0.777. The fraction of sp³-hybridized carbons (Fsp3) is 0.500. The molecule has 1 N–H and O–H groups in total. The smallest absolute Gasteiger partial charge is 0.123 e. The first-order valence-electron chi connectivity index (χ1n) is 4.13. The number of hydrogen-bond acceptors (Lipinski definition) is 5. The molecule has 0 saturated carbocycles. The zero-order valence-electron chi connectivity index (χ0n) is 7.01. The summed E-state index contributed by atoms with van der Waals surface area (Å²) in [5, 5.41) is 15.4. The highest BCUT2D eigenvalue weighted by atomic mass is 32.1. The van der Waals surface area contributed by atoms with E-state index < -0.39 is 6.10 Å². The number of aliphatic hydroxyl groups is 1. The van der Waals surface area contributed by atoms with E-state index in [9.17, 15) is 5.11 Å². The van der Waals surface area contributed by atoms with E-state index in [1.54, 1.807) is 11.6 Å². The molecule has 0 bridgehead atoms. The monoisotopic (exact) mass is 198 g/mol. The van der Waals surface area contributed by atoms with Crippen LogP contribution in [0.2, 0.25) is 0 Å². The van der Waals surface area contributed by atoms with E-state index in [1.165, 1.54) is 11.5 Å². The second kappa shape index (κ2) is 3.85. The molecule has 0 aromatic carbocycles. The predicted molar refractivity (Wildman–Crippen MR) is 48.1 cm³/mol. The van der Waals surface area contributed by atoms with Crippen molar-refractivity contribution < 1.29 is 9.84 Å². The maximum atomic E-state index is 9.79. The van der Waals surface area contributed by atoms with Crippen molar-refractivity contribution in [2.24, 2.45) is 0 Å². The molecule has 5 heteroatoms. The van der Waals surface area contributed by atoms with Gasteiger partial charge in [0.05, 0.1) is 12.9 Å². The summed E-state index contributed by atoms with van der Waals surface area (Å²) in [6, 6.07) is 0. The summed E-state index contributed by atoms with van der Waals surface area (Å²) in [6.07, 6.45) is 2.83. The number of nitrogens with zero attached hydrogens (tertiary/aromatic N) is 2. The third kappa shape index (κ3) is 1.87. The Morgan fingerprint density at radius 1 is 1.62 bits per heavy atom. The van der Waals surface area contributed by atoms with Crippen LogP contribution in [0.4, 0.5) is 0 Å². The molecule has 1 aromatic rings. The molecule has 2 heterocycles. The van der Waals surface area contributed by atoms with Gasteiger partial charge in [0, 0.05) is 5.38 Å². The van der Waals surface area contributed by atoms with Crippen LogP contribution in [0.15, 0.2) is 17.2 Å². The van der Waals surface area contributed by atoms with Crippen LogP contribution in [-0.2, 0) is 4.74 Å². The third-order valence-corrected chi connectivity index (χ3v) is 2.49. The van der Waals surface area contributed by atoms with Crippen LogP contribution in [0.25, 0.3) is 0 Å². The van der Waals surface area contributed by atoms with Crippen LogP contribution in [0.1, 0.15) is 24.6 Å². The lowest BCUT2D eigenvalue weighted by Crippen LogP contribution is -2.08. The van der Waals surface area contributed by atoms with E-state index in [-0.39, 0.29) is 0 Å². The molecule has 70 valence electrons. The molecule has 0 aliphatic carbocycles. The lowest BCUT2D eigenvalue weighted by Gasteiger charge is -2.16. The van der Waals surface area contributed by atoms with Crippen molar-refractivity contribution in [1.82, 2.24) is 9.59 Å². The second-order valence-electron chi connectivity index (χ2n) is 2.90. The molecular formula is C8H10N2O2S. The van der Waals surface area contributed by atoms with Crippen molar-refractivity contribution in [3.8, 4) is 0 Å². The fourth-order valence-electron chi connectivity index (χ4n) is 1.27. The van der Waals surface area contributed by atoms with E-state index in [1.807, 2.05) is 0 Å². The van der Waals surface area contributed by atoms with Gasteiger partial charge in [-0.1, -0.05) is 4.49 Å². The van der Waals surface area contributed by atoms with Gasteiger partial charge in [-0.3, -0.25) is 0 Å². The minimum absolute atomic E-state index is 0.613. The van der Waals surface area contributed by atoms with Crippen molar-refractivity contribution in [1.29, 1.82) is 0 Å². The molecule has 0 saturated heterocycles. The van der Waals surface area contributed by atoms with E-state index in [4.69, 9.17) is 4.74 Å². The van der Waals surface area contributed by atoms with Gasteiger partial charge in [0.25, 0.3) is 0 Å². The predicted octanol–water partition coefficient (Wildman–Crippen LogP) is 1.27. The summed E-state index contributed by atoms with van der Waals surface area (Å²) >= 11 is 1.24. The van der Waals surface area contributed by atoms with Crippen LogP contribution in [0.3, 0.4) is 0 Å². The summed E-state index contributed by atoms with van der Waals surface area (Å²) in [6.45, 7) is 0.742. The molecule has 0 radical (unpaired) electrons. The van der Waals surface area contributed by atoms with Gasteiger partial charge in [-0.05, 0) is 29.9 Å². The van der Waals surface area contributed by atoms with E-state index in [0.29, 0.717) is 5.69 Å². The van der Waals surface area contributed by atoms with E-state index in [2.05, 4.69) is 9.59 Å². The maximum absolute atomic E-state index is 9.79. The standard InChI is InChI=1S/C8H10N2O2S/c11-8(7-5-13-10-9-7)6-2-1-3-12-4-6/h4-5,8,11H,1-3H2. The average molecular weight is 198 g/mol. The second-order valence-corrected chi connectivity index (χ2v) is 3.51. The normalized spacial score (nSPS) is 19.0. The van der Waals surface area contributed by atoms with Gasteiger partial charge in [-0.2, -0.15) is 0 Å². The first-order chi connectivity index (χ1) is 6.38. The Hall–Kier alpha value is -0.940. The fourth-order valence-corrected chi connectivity index (χ4v) is 1.74. The Morgan fingerprint density at radius 2 is 2.54 bits per heavy atom. The molecule has 0 fully saturated rings. The molecule has 0 spiro atoms. The van der Waals surface area contributed by atoms with Gasteiger partial charge >= 0.3 is 0 Å². The Morgan fingerprint density at radius 3 is 3.15 bits per heavy atom. The summed E-state index contributed by atoms with van der Waals surface area (Å²) < 4.78 is 8.84. The molecule has 2 rings (SSSR count). The van der Waals surface area contributed by atoms with Crippen LogP contribution < -0.4 is 0 Å². The van der Waals surface area contributed by atoms with Crippen molar-refractivity contribution in [2.45, 2.75) is 18.9 Å². The minimum Gasteiger partial charge on any atom is -0.501 e. The van der Waals surface area contributed by atoms with Crippen molar-refractivity contribution >= 4 is 11.5 Å². The molecule has 1 unspecified atom stereocenters. The number of rotatable bonds is 2. The zero-order valence-corrected chi connectivity index (χ0v) is 7.83. The van der Waals surface area contributed by atoms with Crippen molar-refractivity contribution in [2.75, 3.05) is 6.61 Å². The molecule has 1 atom stereocenters. The third-order valence-electron chi connectivity index (χ3n) is 1.97. The number of hydrogen-bond donors (Lipinski definition) is 1. The molecule has 4 nitrogen and oxygen atoms in total. The van der Waals surface area contributed by atoms with Gasteiger partial charge in [0.15, 0.2) is 0 Å². The van der Waals surface area contributed by atoms with E-state index >= 15 is 0 Å². The molecular weight excluding hydrogens is 188 g/mol. The Bertz CT molecular complexity index is 297. The van der Waals surface area contributed by atoms with Crippen LogP contribution in [0.5, 0.6) is 0 Å². The SMILES string of the molecule is OC(C1=COCCC1)c1csnn1. The molecule has 1 aliphatic heterocycles. The minimum atomic E-state index is -0.640. The molecule has 13 heavy (non-hydrogen) atoms. The first-order valence-corrected chi connectivity index (χ1v) is 4.97. The van der Waals surface area contributed by atoms with Gasteiger partial charge in [0.2, 0.25) is 0 Å². The summed E-state index contributed by atoms with van der Waals surface area (Å²) in [4.78, 5) is 0. The number of aromatic nitrogens is 2. The largest absolute Gasteiger partial charge is 0.501 e. The number of ether oxygens (including phenoxy) is 1. The number of aliphatic hydroxyl groups excluding tert-OH is 1. The molecule has 1 aliphatic rings. The Balaban J connectivity index is 2.12. The zero-order chi connectivity index (χ0) is 9.10. The Labute approximate surface area is 80.0 Å². The lowest BCUT2D eigenvalue weighted by atomic mass is 10.0. The first kappa shape index (κ1) is 8.65.